The minimum atomic E-state index is -1.25. The summed E-state index contributed by atoms with van der Waals surface area (Å²) in [7, 11) is 0. The molecule has 0 saturated heterocycles. The van der Waals surface area contributed by atoms with Crippen molar-refractivity contribution in [3.63, 3.8) is 0 Å². The van der Waals surface area contributed by atoms with Gasteiger partial charge in [-0.1, -0.05) is 0 Å². The standard InChI is InChI=1S/C19H25F2N3O3.HI/c1-4-22-18(24-12-19(3,25)17-8-5-13(2)27-17)23-9-10-26-16-7-6-14(20)11-15(16)21;/h5-8,11,25H,4,9-10,12H2,1-3H3,(H2,22,23,24);1H. The van der Waals surface area contributed by atoms with Crippen molar-refractivity contribution in [2.75, 3.05) is 26.2 Å². The van der Waals surface area contributed by atoms with Gasteiger partial charge in [0.1, 0.15) is 29.5 Å². The molecule has 3 N–H and O–H groups in total. The fourth-order valence-corrected chi connectivity index (χ4v) is 2.30. The lowest BCUT2D eigenvalue weighted by Gasteiger charge is -2.19. The molecule has 6 nitrogen and oxygen atoms in total. The Kier molecular flexibility index (Phi) is 9.66. The maximum atomic E-state index is 13.5. The maximum absolute atomic E-state index is 13.5. The summed E-state index contributed by atoms with van der Waals surface area (Å²) in [6.07, 6.45) is 0. The molecule has 156 valence electrons. The Balaban J connectivity index is 0.00000392. The van der Waals surface area contributed by atoms with E-state index < -0.39 is 17.2 Å². The molecule has 28 heavy (non-hydrogen) atoms. The Labute approximate surface area is 180 Å². The summed E-state index contributed by atoms with van der Waals surface area (Å²) in [5.41, 5.74) is -1.25. The van der Waals surface area contributed by atoms with E-state index in [-0.39, 0.29) is 42.9 Å². The van der Waals surface area contributed by atoms with Crippen LogP contribution in [0.15, 0.2) is 39.7 Å². The van der Waals surface area contributed by atoms with Crippen molar-refractivity contribution >= 4 is 29.9 Å². The molecule has 1 aromatic heterocycles. The van der Waals surface area contributed by atoms with Crippen LogP contribution >= 0.6 is 24.0 Å². The van der Waals surface area contributed by atoms with E-state index in [1.807, 2.05) is 6.92 Å². The van der Waals surface area contributed by atoms with Crippen molar-refractivity contribution in [1.29, 1.82) is 0 Å². The molecule has 0 saturated carbocycles. The Morgan fingerprint density at radius 1 is 1.25 bits per heavy atom. The number of hydrogen-bond acceptors (Lipinski definition) is 4. The summed E-state index contributed by atoms with van der Waals surface area (Å²) >= 11 is 0. The van der Waals surface area contributed by atoms with Crippen LogP contribution in [-0.2, 0) is 5.60 Å². The molecule has 1 unspecified atom stereocenters. The number of nitrogens with one attached hydrogen (secondary N) is 2. The first-order valence-electron chi connectivity index (χ1n) is 8.71. The highest BCUT2D eigenvalue weighted by Gasteiger charge is 2.26. The minimum absolute atomic E-state index is 0. The lowest BCUT2D eigenvalue weighted by Crippen LogP contribution is -2.40. The molecule has 0 aliphatic carbocycles. The molecule has 1 aromatic carbocycles. The van der Waals surface area contributed by atoms with Gasteiger partial charge in [0.15, 0.2) is 17.5 Å². The molecule has 0 aliphatic rings. The van der Waals surface area contributed by atoms with E-state index in [0.29, 0.717) is 30.6 Å². The summed E-state index contributed by atoms with van der Waals surface area (Å²) in [6, 6.07) is 6.65. The monoisotopic (exact) mass is 509 g/mol. The molecular weight excluding hydrogens is 483 g/mol. The van der Waals surface area contributed by atoms with E-state index in [1.54, 1.807) is 26.0 Å². The van der Waals surface area contributed by atoms with E-state index in [1.165, 1.54) is 6.07 Å². The van der Waals surface area contributed by atoms with Gasteiger partial charge in [-0.15, -0.1) is 24.0 Å². The average Bonchev–Trinajstić information content (AvgIpc) is 3.05. The number of hydrogen-bond donors (Lipinski definition) is 3. The van der Waals surface area contributed by atoms with Gasteiger partial charge in [-0.3, -0.25) is 0 Å². The molecule has 0 aliphatic heterocycles. The van der Waals surface area contributed by atoms with Gasteiger partial charge in [0.25, 0.3) is 0 Å². The van der Waals surface area contributed by atoms with Crippen molar-refractivity contribution in [1.82, 2.24) is 10.6 Å². The van der Waals surface area contributed by atoms with Crippen molar-refractivity contribution in [2.24, 2.45) is 4.99 Å². The zero-order chi connectivity index (χ0) is 19.9. The van der Waals surface area contributed by atoms with Crippen molar-refractivity contribution in [3.05, 3.63) is 53.5 Å². The third-order valence-electron chi connectivity index (χ3n) is 3.71. The van der Waals surface area contributed by atoms with Gasteiger partial charge in [-0.25, -0.2) is 13.8 Å². The van der Waals surface area contributed by atoms with E-state index in [2.05, 4.69) is 15.6 Å². The van der Waals surface area contributed by atoms with E-state index in [9.17, 15) is 13.9 Å². The molecule has 2 rings (SSSR count). The second kappa shape index (κ2) is 11.2. The molecular formula is C19H26F2IN3O3. The Morgan fingerprint density at radius 3 is 2.61 bits per heavy atom. The molecule has 9 heteroatoms. The van der Waals surface area contributed by atoms with Crippen LogP contribution in [0, 0.1) is 18.6 Å². The third-order valence-corrected chi connectivity index (χ3v) is 3.71. The zero-order valence-electron chi connectivity index (χ0n) is 16.1. The second-order valence-electron chi connectivity index (χ2n) is 6.23. The number of nitrogens with zero attached hydrogens (tertiary/aromatic N) is 1. The molecule has 0 spiro atoms. The smallest absolute Gasteiger partial charge is 0.191 e. The summed E-state index contributed by atoms with van der Waals surface area (Å²) in [4.78, 5) is 4.35. The van der Waals surface area contributed by atoms with Crippen LogP contribution in [0.4, 0.5) is 8.78 Å². The fourth-order valence-electron chi connectivity index (χ4n) is 2.30. The molecule has 0 fully saturated rings. The van der Waals surface area contributed by atoms with E-state index in [0.717, 1.165) is 12.1 Å². The van der Waals surface area contributed by atoms with Crippen LogP contribution in [0.3, 0.4) is 0 Å². The van der Waals surface area contributed by atoms with Crippen molar-refractivity contribution < 1.29 is 23.0 Å². The van der Waals surface area contributed by atoms with Crippen LogP contribution in [0.25, 0.3) is 0 Å². The molecule has 1 heterocycles. The topological polar surface area (TPSA) is 79.0 Å². The third kappa shape index (κ3) is 7.27. The first-order valence-corrected chi connectivity index (χ1v) is 8.71. The van der Waals surface area contributed by atoms with Gasteiger partial charge in [-0.05, 0) is 45.0 Å². The normalized spacial score (nSPS) is 13.4. The number of rotatable bonds is 8. The number of aryl methyl sites for hydroxylation is 1. The van der Waals surface area contributed by atoms with Gasteiger partial charge < -0.3 is 24.9 Å². The number of guanidine groups is 1. The van der Waals surface area contributed by atoms with Gasteiger partial charge in [0.2, 0.25) is 0 Å². The number of aliphatic hydroxyl groups is 1. The highest BCUT2D eigenvalue weighted by atomic mass is 127. The average molecular weight is 509 g/mol. The summed E-state index contributed by atoms with van der Waals surface area (Å²) in [5, 5.41) is 16.6. The summed E-state index contributed by atoms with van der Waals surface area (Å²) < 4.78 is 37.1. The highest BCUT2D eigenvalue weighted by molar-refractivity contribution is 14.0. The molecule has 0 bridgehead atoms. The maximum Gasteiger partial charge on any atom is 0.191 e. The zero-order valence-corrected chi connectivity index (χ0v) is 18.4. The molecule has 1 atom stereocenters. The Bertz CT molecular complexity index is 782. The van der Waals surface area contributed by atoms with Crippen molar-refractivity contribution in [2.45, 2.75) is 26.4 Å². The van der Waals surface area contributed by atoms with Gasteiger partial charge in [-0.2, -0.15) is 0 Å². The molecule has 0 amide bonds. The first kappa shape index (κ1) is 24.2. The Morgan fingerprint density at radius 2 is 2.00 bits per heavy atom. The minimum Gasteiger partial charge on any atom is -0.489 e. The highest BCUT2D eigenvalue weighted by Crippen LogP contribution is 2.23. The van der Waals surface area contributed by atoms with Crippen LogP contribution in [0.1, 0.15) is 25.4 Å². The lowest BCUT2D eigenvalue weighted by molar-refractivity contribution is 0.0428. The predicted molar refractivity (Wildman–Crippen MR) is 114 cm³/mol. The van der Waals surface area contributed by atoms with Crippen LogP contribution in [0.2, 0.25) is 0 Å². The molecule has 2 aromatic rings. The molecule has 0 radical (unpaired) electrons. The van der Waals surface area contributed by atoms with Crippen LogP contribution < -0.4 is 15.4 Å². The van der Waals surface area contributed by atoms with Gasteiger partial charge in [0.05, 0.1) is 13.1 Å². The largest absolute Gasteiger partial charge is 0.489 e. The van der Waals surface area contributed by atoms with Crippen LogP contribution in [0.5, 0.6) is 5.75 Å². The number of halogens is 3. The van der Waals surface area contributed by atoms with E-state index in [4.69, 9.17) is 9.15 Å². The Hall–Kier alpha value is -1.88. The number of aliphatic imine (C=N–C) groups is 1. The number of furan rings is 1. The fraction of sp³-hybridized carbons (Fsp3) is 0.421. The number of benzene rings is 1. The van der Waals surface area contributed by atoms with Gasteiger partial charge in [0, 0.05) is 12.6 Å². The van der Waals surface area contributed by atoms with Gasteiger partial charge >= 0.3 is 0 Å². The summed E-state index contributed by atoms with van der Waals surface area (Å²) in [6.45, 7) is 6.54. The SMILES string of the molecule is CCNC(=NCC(C)(O)c1ccc(C)o1)NCCOc1ccc(F)cc1F.I. The van der Waals surface area contributed by atoms with Crippen LogP contribution in [-0.4, -0.2) is 37.3 Å². The lowest BCUT2D eigenvalue weighted by atomic mass is 10.0. The summed E-state index contributed by atoms with van der Waals surface area (Å²) in [5.74, 6) is 0.207. The quantitative estimate of drug-likeness (QED) is 0.220. The first-order chi connectivity index (χ1) is 12.8. The number of ether oxygens (including phenoxy) is 1. The van der Waals surface area contributed by atoms with E-state index >= 15 is 0 Å². The van der Waals surface area contributed by atoms with Crippen molar-refractivity contribution in [3.8, 4) is 5.75 Å². The second-order valence-corrected chi connectivity index (χ2v) is 6.23. The predicted octanol–water partition coefficient (Wildman–Crippen LogP) is 3.33.